The molecule has 0 aliphatic carbocycles. The molecule has 0 amide bonds. The van der Waals surface area contributed by atoms with Crippen molar-refractivity contribution >= 4 is 35.0 Å². The quantitative estimate of drug-likeness (QED) is 0.230. The topological polar surface area (TPSA) is 39.9 Å². The van der Waals surface area contributed by atoms with Crippen molar-refractivity contribution in [1.29, 1.82) is 0 Å². The van der Waals surface area contributed by atoms with Gasteiger partial charge in [-0.1, -0.05) is 85.2 Å². The summed E-state index contributed by atoms with van der Waals surface area (Å²) in [5.74, 6) is 2.71. The standard InChI is InChI=1S/C26H25Cl2N3OS/c1-17(2)20-10-12-22(13-11-20)32-18(3)25-29-30-26(31(25)21-7-5-4-6-8-21)33-16-19-9-14-23(27)24(28)15-19/h4-15,17-18H,16H2,1-3H3. The fraction of sp³-hybridized carbons (Fsp3) is 0.231. The van der Waals surface area contributed by atoms with Gasteiger partial charge in [-0.25, -0.2) is 0 Å². The van der Waals surface area contributed by atoms with Crippen LogP contribution in [0.25, 0.3) is 5.69 Å². The van der Waals surface area contributed by atoms with Gasteiger partial charge in [0.05, 0.1) is 10.0 Å². The Morgan fingerprint density at radius 2 is 1.61 bits per heavy atom. The third-order valence-electron chi connectivity index (χ3n) is 5.25. The van der Waals surface area contributed by atoms with Gasteiger partial charge < -0.3 is 4.74 Å². The molecule has 4 rings (SSSR count). The average Bonchev–Trinajstić information content (AvgIpc) is 3.25. The minimum absolute atomic E-state index is 0.290. The lowest BCUT2D eigenvalue weighted by Gasteiger charge is -2.17. The van der Waals surface area contributed by atoms with E-state index in [9.17, 15) is 0 Å². The third kappa shape index (κ3) is 5.72. The molecule has 3 aromatic carbocycles. The summed E-state index contributed by atoms with van der Waals surface area (Å²) < 4.78 is 8.29. The summed E-state index contributed by atoms with van der Waals surface area (Å²) in [6.45, 7) is 6.35. The van der Waals surface area contributed by atoms with Crippen molar-refractivity contribution in [2.75, 3.05) is 0 Å². The molecule has 4 nitrogen and oxygen atoms in total. The molecule has 1 heterocycles. The van der Waals surface area contributed by atoms with Crippen LogP contribution in [-0.4, -0.2) is 14.8 Å². The molecule has 0 saturated carbocycles. The number of ether oxygens (including phenoxy) is 1. The molecule has 0 bridgehead atoms. The molecular weight excluding hydrogens is 473 g/mol. The van der Waals surface area contributed by atoms with Crippen molar-refractivity contribution in [3.8, 4) is 11.4 Å². The van der Waals surface area contributed by atoms with Gasteiger partial charge in [0, 0.05) is 11.4 Å². The second-order valence-electron chi connectivity index (χ2n) is 8.03. The molecule has 1 unspecified atom stereocenters. The van der Waals surface area contributed by atoms with Crippen LogP contribution in [0.15, 0.2) is 78.0 Å². The Balaban J connectivity index is 1.59. The molecular formula is C26H25Cl2N3OS. The minimum Gasteiger partial charge on any atom is -0.483 e. The van der Waals surface area contributed by atoms with E-state index in [1.165, 1.54) is 5.56 Å². The van der Waals surface area contributed by atoms with E-state index in [-0.39, 0.29) is 6.10 Å². The van der Waals surface area contributed by atoms with Crippen molar-refractivity contribution in [3.05, 3.63) is 99.8 Å². The summed E-state index contributed by atoms with van der Waals surface area (Å²) in [5.41, 5.74) is 3.33. The monoisotopic (exact) mass is 497 g/mol. The zero-order valence-electron chi connectivity index (χ0n) is 18.7. The van der Waals surface area contributed by atoms with Crippen LogP contribution in [0, 0.1) is 0 Å². The molecule has 7 heteroatoms. The number of hydrogen-bond donors (Lipinski definition) is 0. The van der Waals surface area contributed by atoms with Crippen molar-refractivity contribution in [2.24, 2.45) is 0 Å². The zero-order chi connectivity index (χ0) is 23.4. The lowest BCUT2D eigenvalue weighted by atomic mass is 10.0. The van der Waals surface area contributed by atoms with Crippen LogP contribution >= 0.6 is 35.0 Å². The minimum atomic E-state index is -0.290. The number of rotatable bonds is 8. The van der Waals surface area contributed by atoms with Crippen molar-refractivity contribution in [2.45, 2.75) is 43.7 Å². The molecule has 0 saturated heterocycles. The molecule has 0 spiro atoms. The molecule has 0 N–H and O–H groups in total. The van der Waals surface area contributed by atoms with E-state index in [2.05, 4.69) is 40.7 Å². The van der Waals surface area contributed by atoms with Gasteiger partial charge >= 0.3 is 0 Å². The second kappa shape index (κ2) is 10.6. The van der Waals surface area contributed by atoms with Gasteiger partial charge in [0.25, 0.3) is 0 Å². The number of nitrogens with zero attached hydrogens (tertiary/aromatic N) is 3. The highest BCUT2D eigenvalue weighted by Gasteiger charge is 2.21. The van der Waals surface area contributed by atoms with Gasteiger partial charge in [0.2, 0.25) is 0 Å². The number of benzene rings is 3. The smallest absolute Gasteiger partial charge is 0.196 e. The molecule has 1 aromatic heterocycles. The first-order chi connectivity index (χ1) is 15.9. The van der Waals surface area contributed by atoms with Gasteiger partial charge in [-0.05, 0) is 60.4 Å². The van der Waals surface area contributed by atoms with Gasteiger partial charge in [-0.15, -0.1) is 10.2 Å². The van der Waals surface area contributed by atoms with E-state index in [0.29, 0.717) is 21.7 Å². The second-order valence-corrected chi connectivity index (χ2v) is 9.79. The van der Waals surface area contributed by atoms with Gasteiger partial charge in [0.1, 0.15) is 5.75 Å². The summed E-state index contributed by atoms with van der Waals surface area (Å²) in [6, 6.07) is 24.0. The van der Waals surface area contributed by atoms with E-state index >= 15 is 0 Å². The highest BCUT2D eigenvalue weighted by atomic mass is 35.5. The Hall–Kier alpha value is -2.47. The van der Waals surface area contributed by atoms with Crippen molar-refractivity contribution < 1.29 is 4.74 Å². The highest BCUT2D eigenvalue weighted by Crippen LogP contribution is 2.31. The van der Waals surface area contributed by atoms with E-state index in [1.54, 1.807) is 11.8 Å². The Labute approximate surface area is 208 Å². The molecule has 0 aliphatic rings. The number of aromatic nitrogens is 3. The predicted octanol–water partition coefficient (Wildman–Crippen LogP) is 8.13. The summed E-state index contributed by atoms with van der Waals surface area (Å²) in [7, 11) is 0. The van der Waals surface area contributed by atoms with Crippen LogP contribution in [-0.2, 0) is 5.75 Å². The average molecular weight is 498 g/mol. The van der Waals surface area contributed by atoms with Gasteiger partial charge in [0.15, 0.2) is 17.1 Å². The SMILES string of the molecule is CC(C)c1ccc(OC(C)c2nnc(SCc3ccc(Cl)c(Cl)c3)n2-c2ccccc2)cc1. The predicted molar refractivity (Wildman–Crippen MR) is 137 cm³/mol. The maximum Gasteiger partial charge on any atom is 0.196 e. The molecule has 4 aromatic rings. The first kappa shape index (κ1) is 23.7. The fourth-order valence-electron chi connectivity index (χ4n) is 3.42. The van der Waals surface area contributed by atoms with E-state index in [4.69, 9.17) is 27.9 Å². The molecule has 0 aliphatic heterocycles. The summed E-state index contributed by atoms with van der Waals surface area (Å²) in [4.78, 5) is 0. The maximum atomic E-state index is 6.24. The van der Waals surface area contributed by atoms with E-state index < -0.39 is 0 Å². The molecule has 1 atom stereocenters. The van der Waals surface area contributed by atoms with Crippen LogP contribution in [0.2, 0.25) is 10.0 Å². The first-order valence-corrected chi connectivity index (χ1v) is 12.5. The van der Waals surface area contributed by atoms with Crippen LogP contribution in [0.5, 0.6) is 5.75 Å². The number of hydrogen-bond acceptors (Lipinski definition) is 4. The molecule has 33 heavy (non-hydrogen) atoms. The normalized spacial score (nSPS) is 12.2. The zero-order valence-corrected chi connectivity index (χ0v) is 21.0. The Morgan fingerprint density at radius 3 is 2.27 bits per heavy atom. The third-order valence-corrected chi connectivity index (χ3v) is 6.99. The Kier molecular flexibility index (Phi) is 7.63. The first-order valence-electron chi connectivity index (χ1n) is 10.8. The lowest BCUT2D eigenvalue weighted by molar-refractivity contribution is 0.213. The van der Waals surface area contributed by atoms with Gasteiger partial charge in [-0.3, -0.25) is 4.57 Å². The van der Waals surface area contributed by atoms with E-state index in [1.807, 2.05) is 67.6 Å². The van der Waals surface area contributed by atoms with Crippen LogP contribution < -0.4 is 4.74 Å². The van der Waals surface area contributed by atoms with Crippen LogP contribution in [0.4, 0.5) is 0 Å². The number of thioether (sulfide) groups is 1. The van der Waals surface area contributed by atoms with E-state index in [0.717, 1.165) is 28.0 Å². The Bertz CT molecular complexity index is 1210. The molecule has 0 radical (unpaired) electrons. The summed E-state index contributed by atoms with van der Waals surface area (Å²) >= 11 is 13.8. The largest absolute Gasteiger partial charge is 0.483 e. The van der Waals surface area contributed by atoms with Gasteiger partial charge in [-0.2, -0.15) is 0 Å². The summed E-state index contributed by atoms with van der Waals surface area (Å²) in [5, 5.41) is 10.9. The van der Waals surface area contributed by atoms with Crippen molar-refractivity contribution in [1.82, 2.24) is 14.8 Å². The Morgan fingerprint density at radius 1 is 0.879 bits per heavy atom. The van der Waals surface area contributed by atoms with Crippen molar-refractivity contribution in [3.63, 3.8) is 0 Å². The van der Waals surface area contributed by atoms with Crippen LogP contribution in [0.3, 0.4) is 0 Å². The van der Waals surface area contributed by atoms with Crippen LogP contribution in [0.1, 0.15) is 49.7 Å². The highest BCUT2D eigenvalue weighted by molar-refractivity contribution is 7.98. The molecule has 0 fully saturated rings. The fourth-order valence-corrected chi connectivity index (χ4v) is 4.65. The maximum absolute atomic E-state index is 6.24. The summed E-state index contributed by atoms with van der Waals surface area (Å²) in [6.07, 6.45) is -0.290. The number of para-hydroxylation sites is 1. The number of halogens is 2. The lowest BCUT2D eigenvalue weighted by Crippen LogP contribution is -2.11. The molecule has 170 valence electrons.